The van der Waals surface area contributed by atoms with Crippen LogP contribution < -0.4 is 10.5 Å². The number of sulfonamides is 1. The van der Waals surface area contributed by atoms with Gasteiger partial charge in [0, 0.05) is 5.69 Å². The number of nitrogens with one attached hydrogen (secondary N) is 1. The quantitative estimate of drug-likeness (QED) is 0.828. The Morgan fingerprint density at radius 1 is 1.14 bits per heavy atom. The second-order valence-corrected chi connectivity index (χ2v) is 6.87. The van der Waals surface area contributed by atoms with Crippen LogP contribution in [0.2, 0.25) is 10.0 Å². The lowest BCUT2D eigenvalue weighted by Gasteiger charge is -2.12. The zero-order valence-electron chi connectivity index (χ0n) is 10.8. The fourth-order valence-electron chi connectivity index (χ4n) is 1.65. The number of hydrogen-bond acceptors (Lipinski definition) is 3. The normalized spacial score (nSPS) is 11.4. The molecule has 0 aliphatic heterocycles. The van der Waals surface area contributed by atoms with Gasteiger partial charge in [0.2, 0.25) is 0 Å². The molecule has 0 amide bonds. The van der Waals surface area contributed by atoms with Gasteiger partial charge in [0.25, 0.3) is 10.0 Å². The Bertz CT molecular complexity index is 787. The molecular weight excluding hydrogens is 338 g/mol. The maximum absolute atomic E-state index is 13.1. The minimum atomic E-state index is -3.91. The summed E-state index contributed by atoms with van der Waals surface area (Å²) in [6.45, 7) is 1.69. The molecule has 8 heteroatoms. The van der Waals surface area contributed by atoms with Crippen LogP contribution in [0.5, 0.6) is 0 Å². The van der Waals surface area contributed by atoms with E-state index in [-0.39, 0.29) is 20.6 Å². The van der Waals surface area contributed by atoms with Crippen molar-refractivity contribution in [1.29, 1.82) is 0 Å². The highest BCUT2D eigenvalue weighted by Crippen LogP contribution is 2.33. The van der Waals surface area contributed by atoms with Crippen molar-refractivity contribution in [3.05, 3.63) is 51.8 Å². The first-order chi connectivity index (χ1) is 9.70. The number of anilines is 2. The Labute approximate surface area is 131 Å². The van der Waals surface area contributed by atoms with E-state index in [1.807, 2.05) is 0 Å². The van der Waals surface area contributed by atoms with Crippen molar-refractivity contribution in [3.8, 4) is 0 Å². The van der Waals surface area contributed by atoms with Crippen molar-refractivity contribution in [2.45, 2.75) is 11.8 Å². The number of halogens is 3. The van der Waals surface area contributed by atoms with Crippen LogP contribution >= 0.6 is 23.2 Å². The molecule has 0 unspecified atom stereocenters. The average molecular weight is 349 g/mol. The fourth-order valence-corrected chi connectivity index (χ4v) is 3.50. The van der Waals surface area contributed by atoms with Gasteiger partial charge in [-0.05, 0) is 42.8 Å². The van der Waals surface area contributed by atoms with Gasteiger partial charge in [0.1, 0.15) is 5.82 Å². The van der Waals surface area contributed by atoms with E-state index in [1.54, 1.807) is 6.92 Å². The van der Waals surface area contributed by atoms with Gasteiger partial charge >= 0.3 is 0 Å². The summed E-state index contributed by atoms with van der Waals surface area (Å²) in [6, 6.07) is 6.20. The average Bonchev–Trinajstić information content (AvgIpc) is 2.37. The lowest BCUT2D eigenvalue weighted by molar-refractivity contribution is 0.601. The summed E-state index contributed by atoms with van der Waals surface area (Å²) in [7, 11) is -3.91. The van der Waals surface area contributed by atoms with Gasteiger partial charge in [-0.15, -0.1) is 0 Å². The van der Waals surface area contributed by atoms with Crippen LogP contribution in [0.3, 0.4) is 0 Å². The van der Waals surface area contributed by atoms with Crippen molar-refractivity contribution in [2.24, 2.45) is 0 Å². The molecule has 2 aromatic carbocycles. The molecule has 112 valence electrons. The zero-order chi connectivity index (χ0) is 15.8. The molecule has 0 atom stereocenters. The number of rotatable bonds is 3. The molecule has 3 N–H and O–H groups in total. The summed E-state index contributed by atoms with van der Waals surface area (Å²) in [6.07, 6.45) is 0. The van der Waals surface area contributed by atoms with E-state index in [9.17, 15) is 12.8 Å². The Balaban J connectivity index is 2.44. The second kappa shape index (κ2) is 5.71. The van der Waals surface area contributed by atoms with E-state index in [1.165, 1.54) is 18.2 Å². The van der Waals surface area contributed by atoms with Crippen LogP contribution in [0.25, 0.3) is 0 Å². The maximum atomic E-state index is 13.1. The number of hydrogen-bond donors (Lipinski definition) is 2. The standard InChI is InChI=1S/C13H11Cl2FN2O2S/c1-7-4-9(2-3-12(7)17)21(19,20)18-13-10(14)5-8(16)6-11(13)15/h2-6,18H,17H2,1H3. The van der Waals surface area contributed by atoms with Crippen molar-refractivity contribution in [3.63, 3.8) is 0 Å². The molecule has 0 spiro atoms. The van der Waals surface area contributed by atoms with Crippen LogP contribution in [0.15, 0.2) is 35.2 Å². The highest BCUT2D eigenvalue weighted by molar-refractivity contribution is 7.92. The molecule has 0 saturated carbocycles. The first-order valence-corrected chi connectivity index (χ1v) is 7.98. The Morgan fingerprint density at radius 2 is 1.71 bits per heavy atom. The molecule has 0 saturated heterocycles. The third-order valence-electron chi connectivity index (χ3n) is 2.79. The molecule has 4 nitrogen and oxygen atoms in total. The van der Waals surface area contributed by atoms with Crippen molar-refractivity contribution >= 4 is 44.6 Å². The molecule has 0 fully saturated rings. The summed E-state index contributed by atoms with van der Waals surface area (Å²) >= 11 is 11.6. The van der Waals surface area contributed by atoms with Gasteiger partial charge in [0.15, 0.2) is 0 Å². The zero-order valence-corrected chi connectivity index (χ0v) is 13.2. The third kappa shape index (κ3) is 3.40. The monoisotopic (exact) mass is 348 g/mol. The molecule has 0 aliphatic carbocycles. The van der Waals surface area contributed by atoms with Gasteiger partial charge in [-0.1, -0.05) is 23.2 Å². The molecule has 2 rings (SSSR count). The highest BCUT2D eigenvalue weighted by Gasteiger charge is 2.19. The Hall–Kier alpha value is -1.50. The van der Waals surface area contributed by atoms with E-state index >= 15 is 0 Å². The van der Waals surface area contributed by atoms with Crippen molar-refractivity contribution in [1.82, 2.24) is 0 Å². The molecule has 0 heterocycles. The predicted molar refractivity (Wildman–Crippen MR) is 82.8 cm³/mol. The predicted octanol–water partition coefficient (Wildman–Crippen LogP) is 3.82. The largest absolute Gasteiger partial charge is 0.399 e. The van der Waals surface area contributed by atoms with E-state index in [0.29, 0.717) is 11.3 Å². The molecular formula is C13H11Cl2FN2O2S. The highest BCUT2D eigenvalue weighted by atomic mass is 35.5. The van der Waals surface area contributed by atoms with Gasteiger partial charge < -0.3 is 5.73 Å². The van der Waals surface area contributed by atoms with Crippen LogP contribution in [0.1, 0.15) is 5.56 Å². The minimum absolute atomic E-state index is 0.00524. The molecule has 0 aliphatic rings. The van der Waals surface area contributed by atoms with Gasteiger partial charge in [0.05, 0.1) is 20.6 Å². The summed E-state index contributed by atoms with van der Waals surface area (Å²) in [5, 5.41) is -0.258. The molecule has 0 aromatic heterocycles. The lowest BCUT2D eigenvalue weighted by Crippen LogP contribution is -2.14. The van der Waals surface area contributed by atoms with Crippen molar-refractivity contribution in [2.75, 3.05) is 10.5 Å². The first-order valence-electron chi connectivity index (χ1n) is 5.74. The number of nitrogen functional groups attached to an aromatic ring is 1. The molecule has 21 heavy (non-hydrogen) atoms. The fraction of sp³-hybridized carbons (Fsp3) is 0.0769. The van der Waals surface area contributed by atoms with Gasteiger partial charge in [-0.3, -0.25) is 4.72 Å². The lowest BCUT2D eigenvalue weighted by atomic mass is 10.2. The van der Waals surface area contributed by atoms with E-state index in [2.05, 4.69) is 4.72 Å². The molecule has 2 aromatic rings. The SMILES string of the molecule is Cc1cc(S(=O)(=O)Nc2c(Cl)cc(F)cc2Cl)ccc1N. The van der Waals surface area contributed by atoms with Crippen LogP contribution in [-0.2, 0) is 10.0 Å². The van der Waals surface area contributed by atoms with E-state index in [4.69, 9.17) is 28.9 Å². The maximum Gasteiger partial charge on any atom is 0.261 e. The first kappa shape index (κ1) is 15.9. The van der Waals surface area contributed by atoms with Gasteiger partial charge in [-0.25, -0.2) is 12.8 Å². The van der Waals surface area contributed by atoms with E-state index in [0.717, 1.165) is 12.1 Å². The molecule has 0 bridgehead atoms. The Morgan fingerprint density at radius 3 is 2.24 bits per heavy atom. The van der Waals surface area contributed by atoms with Crippen LogP contribution in [-0.4, -0.2) is 8.42 Å². The molecule has 0 radical (unpaired) electrons. The third-order valence-corrected chi connectivity index (χ3v) is 4.74. The summed E-state index contributed by atoms with van der Waals surface area (Å²) in [4.78, 5) is 0.00524. The second-order valence-electron chi connectivity index (χ2n) is 4.37. The van der Waals surface area contributed by atoms with Gasteiger partial charge in [-0.2, -0.15) is 0 Å². The summed E-state index contributed by atoms with van der Waals surface area (Å²) in [5.41, 5.74) is 6.67. The van der Waals surface area contributed by atoms with Crippen LogP contribution in [0, 0.1) is 12.7 Å². The number of benzene rings is 2. The van der Waals surface area contributed by atoms with E-state index < -0.39 is 15.8 Å². The number of aryl methyl sites for hydroxylation is 1. The smallest absolute Gasteiger partial charge is 0.261 e. The number of nitrogens with two attached hydrogens (primary N) is 1. The Kier molecular flexibility index (Phi) is 4.32. The minimum Gasteiger partial charge on any atom is -0.399 e. The topological polar surface area (TPSA) is 72.2 Å². The summed E-state index contributed by atoms with van der Waals surface area (Å²) < 4.78 is 39.9. The van der Waals surface area contributed by atoms with Crippen molar-refractivity contribution < 1.29 is 12.8 Å². The summed E-state index contributed by atoms with van der Waals surface area (Å²) in [5.74, 6) is -0.656. The van der Waals surface area contributed by atoms with Crippen LogP contribution in [0.4, 0.5) is 15.8 Å².